The van der Waals surface area contributed by atoms with Gasteiger partial charge in [-0.05, 0) is 50.1 Å². The van der Waals surface area contributed by atoms with Gasteiger partial charge < -0.3 is 20.6 Å². The van der Waals surface area contributed by atoms with Crippen molar-refractivity contribution in [1.29, 1.82) is 0 Å². The molecule has 2 rings (SSSR count). The lowest BCUT2D eigenvalue weighted by molar-refractivity contribution is -0.139. The number of likely N-dealkylation sites (N-methyl/N-ethyl adjacent to an activating group) is 1. The highest BCUT2D eigenvalue weighted by molar-refractivity contribution is 5.96. The number of carboxylic acid groups (broad SMARTS) is 1. The number of nitrogens with zero attached hydrogens (tertiary/aromatic N) is 2. The highest BCUT2D eigenvalue weighted by atomic mass is 16.4. The Morgan fingerprint density at radius 2 is 1.89 bits per heavy atom. The van der Waals surface area contributed by atoms with Crippen LogP contribution in [0.5, 0.6) is 0 Å². The van der Waals surface area contributed by atoms with Gasteiger partial charge in [0.2, 0.25) is 0 Å². The fraction of sp³-hybridized carbons (Fsp3) is 0.526. The number of aliphatic carboxylic acids is 1. The fourth-order valence-electron chi connectivity index (χ4n) is 3.25. The van der Waals surface area contributed by atoms with Gasteiger partial charge in [0.15, 0.2) is 0 Å². The number of carbonyl (C=O) groups excluding carboxylic acids is 2. The Balaban J connectivity index is 1.84. The Hall–Kier alpha value is -2.61. The number of carboxylic acids is 1. The maximum Gasteiger partial charge on any atom is 0.319 e. The average Bonchev–Trinajstić information content (AvgIpc) is 2.55. The lowest BCUT2D eigenvalue weighted by Crippen LogP contribution is -2.55. The number of rotatable bonds is 7. The number of nitrogens with one attached hydrogen (secondary N) is 2. The summed E-state index contributed by atoms with van der Waals surface area (Å²) in [7, 11) is 3.40. The van der Waals surface area contributed by atoms with Crippen molar-refractivity contribution >= 4 is 23.6 Å². The standard InChI is InChI=1S/C19H28N4O4/c1-5-23(11-17(24)25)15-9-14(10-15)21-19(27)20-13-6-7-16(12(2)8-13)18(26)22(3)4/h6-8,14-15H,5,9-11H2,1-4H3,(H,24,25)(H2,20,21,27). The first-order chi connectivity index (χ1) is 12.7. The Morgan fingerprint density at radius 3 is 2.41 bits per heavy atom. The molecule has 1 fully saturated rings. The van der Waals surface area contributed by atoms with Crippen LogP contribution >= 0.6 is 0 Å². The molecule has 3 N–H and O–H groups in total. The summed E-state index contributed by atoms with van der Waals surface area (Å²) in [6.07, 6.45) is 1.48. The Bertz CT molecular complexity index is 714. The van der Waals surface area contributed by atoms with Crippen LogP contribution in [0.25, 0.3) is 0 Å². The molecule has 0 aromatic heterocycles. The molecule has 148 valence electrons. The normalized spacial score (nSPS) is 18.6. The van der Waals surface area contributed by atoms with Crippen molar-refractivity contribution in [3.63, 3.8) is 0 Å². The van der Waals surface area contributed by atoms with Crippen molar-refractivity contribution in [2.75, 3.05) is 32.5 Å². The molecule has 0 atom stereocenters. The first kappa shape index (κ1) is 20.7. The van der Waals surface area contributed by atoms with E-state index in [9.17, 15) is 14.4 Å². The molecule has 0 aliphatic heterocycles. The number of urea groups is 1. The van der Waals surface area contributed by atoms with E-state index in [2.05, 4.69) is 10.6 Å². The molecule has 1 aromatic rings. The zero-order valence-corrected chi connectivity index (χ0v) is 16.3. The third kappa shape index (κ3) is 5.43. The van der Waals surface area contributed by atoms with Crippen molar-refractivity contribution in [2.24, 2.45) is 0 Å². The van der Waals surface area contributed by atoms with Crippen LogP contribution in [0.1, 0.15) is 35.7 Å². The molecule has 0 heterocycles. The maximum absolute atomic E-state index is 12.2. The molecule has 1 aromatic carbocycles. The quantitative estimate of drug-likeness (QED) is 0.673. The van der Waals surface area contributed by atoms with Gasteiger partial charge in [-0.3, -0.25) is 14.5 Å². The largest absolute Gasteiger partial charge is 0.480 e. The van der Waals surface area contributed by atoms with Gasteiger partial charge >= 0.3 is 12.0 Å². The molecule has 1 aliphatic rings. The molecule has 1 aliphatic carbocycles. The van der Waals surface area contributed by atoms with E-state index >= 15 is 0 Å². The van der Waals surface area contributed by atoms with E-state index in [1.165, 1.54) is 4.90 Å². The van der Waals surface area contributed by atoms with Crippen molar-refractivity contribution in [3.8, 4) is 0 Å². The number of hydrogen-bond donors (Lipinski definition) is 3. The fourth-order valence-corrected chi connectivity index (χ4v) is 3.25. The van der Waals surface area contributed by atoms with E-state index in [4.69, 9.17) is 5.11 Å². The summed E-state index contributed by atoms with van der Waals surface area (Å²) in [5.41, 5.74) is 2.02. The van der Waals surface area contributed by atoms with Crippen LogP contribution in [0.3, 0.4) is 0 Å². The van der Waals surface area contributed by atoms with Gasteiger partial charge in [-0.2, -0.15) is 0 Å². The summed E-state index contributed by atoms with van der Waals surface area (Å²) in [5, 5.41) is 14.6. The van der Waals surface area contributed by atoms with Crippen LogP contribution in [-0.2, 0) is 4.79 Å². The summed E-state index contributed by atoms with van der Waals surface area (Å²) in [5.74, 6) is -0.914. The Labute approximate surface area is 159 Å². The minimum atomic E-state index is -0.836. The molecule has 0 bridgehead atoms. The molecular weight excluding hydrogens is 348 g/mol. The molecule has 3 amide bonds. The number of anilines is 1. The van der Waals surface area contributed by atoms with Crippen LogP contribution in [0.2, 0.25) is 0 Å². The van der Waals surface area contributed by atoms with Gasteiger partial charge in [0.25, 0.3) is 5.91 Å². The monoisotopic (exact) mass is 376 g/mol. The maximum atomic E-state index is 12.2. The molecule has 0 unspecified atom stereocenters. The van der Waals surface area contributed by atoms with E-state index in [0.717, 1.165) is 18.4 Å². The second-order valence-corrected chi connectivity index (χ2v) is 7.11. The van der Waals surface area contributed by atoms with Gasteiger partial charge in [0, 0.05) is 37.4 Å². The molecule has 0 saturated heterocycles. The smallest absolute Gasteiger partial charge is 0.319 e. The third-order valence-electron chi connectivity index (χ3n) is 4.83. The summed E-state index contributed by atoms with van der Waals surface area (Å²) >= 11 is 0. The molecule has 0 radical (unpaired) electrons. The average molecular weight is 376 g/mol. The zero-order chi connectivity index (χ0) is 20.1. The van der Waals surface area contributed by atoms with Gasteiger partial charge in [-0.25, -0.2) is 4.79 Å². The first-order valence-electron chi connectivity index (χ1n) is 9.07. The highest BCUT2D eigenvalue weighted by Crippen LogP contribution is 2.25. The Kier molecular flexibility index (Phi) is 6.79. The summed E-state index contributed by atoms with van der Waals surface area (Å²) < 4.78 is 0. The van der Waals surface area contributed by atoms with E-state index in [1.54, 1.807) is 32.3 Å². The second-order valence-electron chi connectivity index (χ2n) is 7.11. The van der Waals surface area contributed by atoms with Gasteiger partial charge in [0.1, 0.15) is 0 Å². The number of carbonyl (C=O) groups is 3. The molecule has 27 heavy (non-hydrogen) atoms. The minimum absolute atomic E-state index is 0.0252. The molecule has 8 heteroatoms. The van der Waals surface area contributed by atoms with E-state index < -0.39 is 5.97 Å². The van der Waals surface area contributed by atoms with Crippen molar-refractivity contribution in [3.05, 3.63) is 29.3 Å². The predicted octanol–water partition coefficient (Wildman–Crippen LogP) is 1.76. The van der Waals surface area contributed by atoms with Crippen LogP contribution in [0, 0.1) is 6.92 Å². The SMILES string of the molecule is CCN(CC(=O)O)C1CC(NC(=O)Nc2ccc(C(=O)N(C)C)c(C)c2)C1. The van der Waals surface area contributed by atoms with E-state index in [0.29, 0.717) is 17.8 Å². The third-order valence-corrected chi connectivity index (χ3v) is 4.83. The van der Waals surface area contributed by atoms with Crippen LogP contribution in [-0.4, -0.2) is 72.1 Å². The molecular formula is C19H28N4O4. The van der Waals surface area contributed by atoms with Crippen LogP contribution in [0.15, 0.2) is 18.2 Å². The number of aryl methyl sites for hydroxylation is 1. The van der Waals surface area contributed by atoms with Crippen LogP contribution in [0.4, 0.5) is 10.5 Å². The van der Waals surface area contributed by atoms with Gasteiger partial charge in [-0.1, -0.05) is 6.92 Å². The van der Waals surface area contributed by atoms with Crippen molar-refractivity contribution in [2.45, 2.75) is 38.8 Å². The summed E-state index contributed by atoms with van der Waals surface area (Å²) in [6, 6.07) is 5.11. The molecule has 0 spiro atoms. The van der Waals surface area contributed by atoms with E-state index in [1.807, 2.05) is 18.7 Å². The predicted molar refractivity (Wildman–Crippen MR) is 103 cm³/mol. The lowest BCUT2D eigenvalue weighted by Gasteiger charge is -2.42. The first-order valence-corrected chi connectivity index (χ1v) is 9.07. The number of benzene rings is 1. The lowest BCUT2D eigenvalue weighted by atomic mass is 9.85. The number of hydrogen-bond acceptors (Lipinski definition) is 4. The molecule has 8 nitrogen and oxygen atoms in total. The highest BCUT2D eigenvalue weighted by Gasteiger charge is 2.34. The number of amides is 3. The topological polar surface area (TPSA) is 102 Å². The van der Waals surface area contributed by atoms with Gasteiger partial charge in [-0.15, -0.1) is 0 Å². The Morgan fingerprint density at radius 1 is 1.22 bits per heavy atom. The summed E-state index contributed by atoms with van der Waals surface area (Å²) in [4.78, 5) is 38.5. The van der Waals surface area contributed by atoms with Crippen molar-refractivity contribution in [1.82, 2.24) is 15.1 Å². The van der Waals surface area contributed by atoms with E-state index in [-0.39, 0.29) is 30.6 Å². The van der Waals surface area contributed by atoms with Crippen LogP contribution < -0.4 is 10.6 Å². The zero-order valence-electron chi connectivity index (χ0n) is 16.3. The minimum Gasteiger partial charge on any atom is -0.480 e. The summed E-state index contributed by atoms with van der Waals surface area (Å²) in [6.45, 7) is 4.46. The van der Waals surface area contributed by atoms with Gasteiger partial charge in [0.05, 0.1) is 6.54 Å². The molecule has 1 saturated carbocycles. The second kappa shape index (κ2) is 8.85. The van der Waals surface area contributed by atoms with Crippen molar-refractivity contribution < 1.29 is 19.5 Å².